The number of nitrogens with zero attached hydrogens (tertiary/aromatic N) is 2. The summed E-state index contributed by atoms with van der Waals surface area (Å²) in [4.78, 5) is 20.0. The van der Waals surface area contributed by atoms with Gasteiger partial charge in [-0.3, -0.25) is 0 Å². The van der Waals surface area contributed by atoms with Crippen LogP contribution in [0.15, 0.2) is 22.9 Å². The van der Waals surface area contributed by atoms with E-state index in [4.69, 9.17) is 4.74 Å². The van der Waals surface area contributed by atoms with E-state index in [1.165, 1.54) is 11.3 Å². The highest BCUT2D eigenvalue weighted by Gasteiger charge is 2.08. The molecule has 0 aliphatic carbocycles. The minimum absolute atomic E-state index is 0.179. The van der Waals surface area contributed by atoms with Gasteiger partial charge in [0.15, 0.2) is 0 Å². The van der Waals surface area contributed by atoms with E-state index >= 15 is 0 Å². The summed E-state index contributed by atoms with van der Waals surface area (Å²) in [5.41, 5.74) is 2.18. The molecule has 17 heavy (non-hydrogen) atoms. The summed E-state index contributed by atoms with van der Waals surface area (Å²) in [6.45, 7) is 3.88. The molecule has 0 spiro atoms. The average molecular weight is 248 g/mol. The Morgan fingerprint density at radius 1 is 1.41 bits per heavy atom. The summed E-state index contributed by atoms with van der Waals surface area (Å²) in [7, 11) is 0. The monoisotopic (exact) mass is 248 g/mol. The van der Waals surface area contributed by atoms with Crippen LogP contribution in [0.4, 0.5) is 0 Å². The highest BCUT2D eigenvalue weighted by molar-refractivity contribution is 7.08. The molecule has 0 bridgehead atoms. The minimum atomic E-state index is -0.319. The number of hydrogen-bond acceptors (Lipinski definition) is 5. The fourth-order valence-corrected chi connectivity index (χ4v) is 2.10. The van der Waals surface area contributed by atoms with Crippen molar-refractivity contribution in [3.05, 3.63) is 45.7 Å². The smallest absolute Gasteiger partial charge is 0.339 e. The first-order valence-corrected chi connectivity index (χ1v) is 6.10. The summed E-state index contributed by atoms with van der Waals surface area (Å²) < 4.78 is 5.16. The first-order valence-electron chi connectivity index (χ1n) is 5.15. The molecule has 2 rings (SSSR count). The lowest BCUT2D eigenvalue weighted by Crippen LogP contribution is -2.06. The normalized spacial score (nSPS) is 10.2. The van der Waals surface area contributed by atoms with Crippen molar-refractivity contribution in [2.45, 2.75) is 20.5 Å². The number of hydrogen-bond donors (Lipinski definition) is 0. The Morgan fingerprint density at radius 3 is 2.88 bits per heavy atom. The first kappa shape index (κ1) is 11.7. The number of esters is 1. The van der Waals surface area contributed by atoms with E-state index in [2.05, 4.69) is 9.97 Å². The third-order valence-electron chi connectivity index (χ3n) is 2.13. The van der Waals surface area contributed by atoms with E-state index in [1.807, 2.05) is 25.3 Å². The van der Waals surface area contributed by atoms with Gasteiger partial charge in [-0.05, 0) is 31.4 Å². The van der Waals surface area contributed by atoms with Crippen LogP contribution in [0.2, 0.25) is 0 Å². The van der Waals surface area contributed by atoms with Gasteiger partial charge in [-0.15, -0.1) is 0 Å². The molecule has 88 valence electrons. The molecule has 2 heterocycles. The van der Waals surface area contributed by atoms with E-state index in [0.29, 0.717) is 11.4 Å². The van der Waals surface area contributed by atoms with Gasteiger partial charge in [-0.2, -0.15) is 11.3 Å². The van der Waals surface area contributed by atoms with Gasteiger partial charge in [0.1, 0.15) is 12.4 Å². The van der Waals surface area contributed by atoms with Crippen LogP contribution < -0.4 is 0 Å². The maximum absolute atomic E-state index is 11.6. The standard InChI is InChI=1S/C12H12N2O2S/c1-8-5-11(14-9(2)13-8)6-16-12(15)10-3-4-17-7-10/h3-5,7H,6H2,1-2H3. The Balaban J connectivity index is 2.00. The zero-order chi connectivity index (χ0) is 12.3. The van der Waals surface area contributed by atoms with Crippen molar-refractivity contribution in [3.8, 4) is 0 Å². The maximum Gasteiger partial charge on any atom is 0.339 e. The number of carbonyl (C=O) groups excluding carboxylic acids is 1. The van der Waals surface area contributed by atoms with Crippen molar-refractivity contribution in [1.29, 1.82) is 0 Å². The number of ether oxygens (including phenoxy) is 1. The molecule has 0 amide bonds. The van der Waals surface area contributed by atoms with Gasteiger partial charge in [0.05, 0.1) is 11.3 Å². The van der Waals surface area contributed by atoms with Gasteiger partial charge in [0.25, 0.3) is 0 Å². The van der Waals surface area contributed by atoms with Crippen LogP contribution in [0.5, 0.6) is 0 Å². The van der Waals surface area contributed by atoms with Gasteiger partial charge in [-0.25, -0.2) is 14.8 Å². The first-order chi connectivity index (χ1) is 8.15. The van der Waals surface area contributed by atoms with Crippen LogP contribution in [-0.4, -0.2) is 15.9 Å². The summed E-state index contributed by atoms with van der Waals surface area (Å²) in [6.07, 6.45) is 0. The molecule has 0 saturated heterocycles. The molecule has 4 nitrogen and oxygen atoms in total. The molecular weight excluding hydrogens is 236 g/mol. The van der Waals surface area contributed by atoms with Crippen LogP contribution in [-0.2, 0) is 11.3 Å². The Kier molecular flexibility index (Phi) is 3.49. The molecule has 0 saturated carbocycles. The molecular formula is C12H12N2O2S. The fourth-order valence-electron chi connectivity index (χ4n) is 1.47. The second-order valence-corrected chi connectivity index (χ2v) is 4.42. The molecule has 0 atom stereocenters. The number of aromatic nitrogens is 2. The highest BCUT2D eigenvalue weighted by atomic mass is 32.1. The lowest BCUT2D eigenvalue weighted by atomic mass is 10.3. The lowest BCUT2D eigenvalue weighted by Gasteiger charge is -2.04. The summed E-state index contributed by atoms with van der Waals surface area (Å²) in [6, 6.07) is 3.55. The molecule has 0 radical (unpaired) electrons. The third kappa shape index (κ3) is 3.10. The van der Waals surface area contributed by atoms with Gasteiger partial charge in [-0.1, -0.05) is 0 Å². The van der Waals surface area contributed by atoms with Crippen molar-refractivity contribution >= 4 is 17.3 Å². The molecule has 0 N–H and O–H groups in total. The second kappa shape index (κ2) is 5.05. The van der Waals surface area contributed by atoms with Crippen LogP contribution >= 0.6 is 11.3 Å². The Labute approximate surface area is 103 Å². The molecule has 0 aliphatic rings. The van der Waals surface area contributed by atoms with Crippen molar-refractivity contribution in [2.75, 3.05) is 0 Å². The zero-order valence-electron chi connectivity index (χ0n) is 9.64. The third-order valence-corrected chi connectivity index (χ3v) is 2.81. The van der Waals surface area contributed by atoms with Gasteiger partial charge in [0.2, 0.25) is 0 Å². The number of thiophene rings is 1. The molecule has 5 heteroatoms. The lowest BCUT2D eigenvalue weighted by molar-refractivity contribution is 0.0468. The number of carbonyl (C=O) groups is 1. The summed E-state index contributed by atoms with van der Waals surface area (Å²) in [5.74, 6) is 0.367. The predicted molar refractivity (Wildman–Crippen MR) is 64.9 cm³/mol. The van der Waals surface area contributed by atoms with Crippen molar-refractivity contribution in [3.63, 3.8) is 0 Å². The molecule has 2 aromatic rings. The van der Waals surface area contributed by atoms with Crippen LogP contribution in [0.3, 0.4) is 0 Å². The SMILES string of the molecule is Cc1cc(COC(=O)c2ccsc2)nc(C)n1. The maximum atomic E-state index is 11.6. The topological polar surface area (TPSA) is 52.1 Å². The fraction of sp³-hybridized carbons (Fsp3) is 0.250. The van der Waals surface area contributed by atoms with Crippen molar-refractivity contribution in [1.82, 2.24) is 9.97 Å². The molecule has 0 aromatic carbocycles. The molecule has 0 aliphatic heterocycles. The van der Waals surface area contributed by atoms with Gasteiger partial charge in [0, 0.05) is 11.1 Å². The molecule has 2 aromatic heterocycles. The second-order valence-electron chi connectivity index (χ2n) is 3.64. The quantitative estimate of drug-likeness (QED) is 0.783. The zero-order valence-corrected chi connectivity index (χ0v) is 10.5. The van der Waals surface area contributed by atoms with E-state index in [1.54, 1.807) is 11.4 Å². The largest absolute Gasteiger partial charge is 0.456 e. The van der Waals surface area contributed by atoms with Crippen LogP contribution in [0.25, 0.3) is 0 Å². The minimum Gasteiger partial charge on any atom is -0.456 e. The molecule has 0 fully saturated rings. The van der Waals surface area contributed by atoms with Gasteiger partial charge >= 0.3 is 5.97 Å². The number of aryl methyl sites for hydroxylation is 2. The van der Waals surface area contributed by atoms with E-state index in [9.17, 15) is 4.79 Å². The summed E-state index contributed by atoms with van der Waals surface area (Å²) >= 11 is 1.47. The highest BCUT2D eigenvalue weighted by Crippen LogP contribution is 2.09. The Morgan fingerprint density at radius 2 is 2.24 bits per heavy atom. The Hall–Kier alpha value is -1.75. The van der Waals surface area contributed by atoms with Crippen molar-refractivity contribution in [2.24, 2.45) is 0 Å². The van der Waals surface area contributed by atoms with Crippen LogP contribution in [0.1, 0.15) is 27.6 Å². The van der Waals surface area contributed by atoms with Gasteiger partial charge < -0.3 is 4.74 Å². The van der Waals surface area contributed by atoms with Crippen LogP contribution in [0, 0.1) is 13.8 Å². The van der Waals surface area contributed by atoms with E-state index < -0.39 is 0 Å². The summed E-state index contributed by atoms with van der Waals surface area (Å²) in [5, 5.41) is 3.61. The Bertz CT molecular complexity index is 503. The molecule has 0 unspecified atom stereocenters. The average Bonchev–Trinajstić information content (AvgIpc) is 2.78. The van der Waals surface area contributed by atoms with E-state index in [0.717, 1.165) is 11.4 Å². The van der Waals surface area contributed by atoms with Crippen molar-refractivity contribution < 1.29 is 9.53 Å². The number of rotatable bonds is 3. The van der Waals surface area contributed by atoms with E-state index in [-0.39, 0.29) is 12.6 Å². The predicted octanol–water partition coefficient (Wildman–Crippen LogP) is 2.51.